The summed E-state index contributed by atoms with van der Waals surface area (Å²) < 4.78 is 5.14. The lowest BCUT2D eigenvalue weighted by Gasteiger charge is -2.27. The Balaban J connectivity index is 2.45. The maximum absolute atomic E-state index is 12.0. The van der Waals surface area contributed by atoms with Crippen molar-refractivity contribution in [1.29, 1.82) is 0 Å². The molecule has 19 heavy (non-hydrogen) atoms. The van der Waals surface area contributed by atoms with Crippen molar-refractivity contribution in [3.8, 4) is 0 Å². The fourth-order valence-corrected chi connectivity index (χ4v) is 3.03. The van der Waals surface area contributed by atoms with E-state index in [2.05, 4.69) is 13.8 Å². The fourth-order valence-electron chi connectivity index (χ4n) is 3.03. The summed E-state index contributed by atoms with van der Waals surface area (Å²) in [4.78, 5) is 16.8. The second-order valence-electron chi connectivity index (χ2n) is 5.55. The lowest BCUT2D eigenvalue weighted by molar-refractivity contribution is 0.0524. The van der Waals surface area contributed by atoms with E-state index in [1.54, 1.807) is 0 Å². The molecular weight excluding hydrogens is 238 g/mol. The van der Waals surface area contributed by atoms with Gasteiger partial charge in [-0.25, -0.2) is 4.79 Å². The highest BCUT2D eigenvalue weighted by atomic mass is 16.5. The van der Waals surface area contributed by atoms with Crippen LogP contribution in [0.3, 0.4) is 0 Å². The Morgan fingerprint density at radius 2 is 2.16 bits per heavy atom. The molecule has 0 radical (unpaired) electrons. The van der Waals surface area contributed by atoms with Crippen LogP contribution in [0.4, 0.5) is 0 Å². The van der Waals surface area contributed by atoms with Crippen LogP contribution >= 0.6 is 0 Å². The molecule has 1 aliphatic rings. The third-order valence-electron chi connectivity index (χ3n) is 3.84. The van der Waals surface area contributed by atoms with Crippen molar-refractivity contribution in [3.63, 3.8) is 0 Å². The van der Waals surface area contributed by atoms with Crippen LogP contribution in [0.2, 0.25) is 0 Å². The number of ether oxygens (including phenoxy) is 1. The first-order valence-corrected chi connectivity index (χ1v) is 7.26. The van der Waals surface area contributed by atoms with E-state index in [1.807, 2.05) is 19.9 Å². The van der Waals surface area contributed by atoms with Gasteiger partial charge in [0.05, 0.1) is 17.9 Å². The Morgan fingerprint density at radius 1 is 1.42 bits per heavy atom. The Bertz CT molecular complexity index is 482. The largest absolute Gasteiger partial charge is 0.462 e. The molecule has 2 atom stereocenters. The van der Waals surface area contributed by atoms with Crippen molar-refractivity contribution in [2.45, 2.75) is 52.9 Å². The van der Waals surface area contributed by atoms with Crippen LogP contribution in [0, 0.1) is 5.92 Å². The quantitative estimate of drug-likeness (QED) is 0.782. The number of rotatable bonds is 3. The lowest BCUT2D eigenvalue weighted by Crippen LogP contribution is -2.20. The number of pyridine rings is 1. The number of esters is 1. The summed E-state index contributed by atoms with van der Waals surface area (Å²) >= 11 is 0. The number of hydrogen-bond acceptors (Lipinski definition) is 3. The van der Waals surface area contributed by atoms with E-state index < -0.39 is 0 Å². The topological polar surface area (TPSA) is 39.2 Å². The van der Waals surface area contributed by atoms with Crippen molar-refractivity contribution >= 4 is 5.97 Å². The van der Waals surface area contributed by atoms with E-state index in [0.29, 0.717) is 24.0 Å². The minimum absolute atomic E-state index is 0.236. The number of fused-ring (bicyclic) bond motifs is 1. The van der Waals surface area contributed by atoms with Crippen molar-refractivity contribution < 1.29 is 9.53 Å². The van der Waals surface area contributed by atoms with E-state index in [-0.39, 0.29) is 5.97 Å². The van der Waals surface area contributed by atoms with Crippen LogP contribution in [0.25, 0.3) is 0 Å². The van der Waals surface area contributed by atoms with E-state index >= 15 is 0 Å². The van der Waals surface area contributed by atoms with E-state index in [0.717, 1.165) is 18.5 Å². The van der Waals surface area contributed by atoms with Crippen LogP contribution in [0.5, 0.6) is 0 Å². The lowest BCUT2D eigenvalue weighted by atomic mass is 9.80. The molecule has 0 fully saturated rings. The number of carbonyl (C=O) groups is 1. The third-order valence-corrected chi connectivity index (χ3v) is 3.84. The van der Waals surface area contributed by atoms with Gasteiger partial charge in [-0.3, -0.25) is 4.98 Å². The first kappa shape index (κ1) is 14.0. The molecule has 2 unspecified atom stereocenters. The molecule has 0 aliphatic heterocycles. The second-order valence-corrected chi connectivity index (χ2v) is 5.55. The third kappa shape index (κ3) is 2.80. The molecule has 0 saturated carbocycles. The summed E-state index contributed by atoms with van der Waals surface area (Å²) in [5.41, 5.74) is 3.94. The molecule has 1 heterocycles. The predicted molar refractivity (Wildman–Crippen MR) is 75.5 cm³/mol. The number of aryl methyl sites for hydroxylation is 1. The Morgan fingerprint density at radius 3 is 2.79 bits per heavy atom. The van der Waals surface area contributed by atoms with E-state index in [1.165, 1.54) is 17.7 Å². The van der Waals surface area contributed by atoms with Crippen molar-refractivity contribution in [3.05, 3.63) is 28.6 Å². The van der Waals surface area contributed by atoms with Crippen LogP contribution in [0.15, 0.2) is 6.07 Å². The summed E-state index contributed by atoms with van der Waals surface area (Å²) in [6.45, 7) is 8.77. The van der Waals surface area contributed by atoms with Crippen LogP contribution < -0.4 is 0 Å². The molecule has 3 heteroatoms. The summed E-state index contributed by atoms with van der Waals surface area (Å²) in [6.07, 6.45) is 2.97. The van der Waals surface area contributed by atoms with Crippen LogP contribution in [-0.2, 0) is 17.6 Å². The average Bonchev–Trinajstić information content (AvgIpc) is 2.37. The first-order chi connectivity index (χ1) is 9.06. The number of hydrogen-bond donors (Lipinski definition) is 0. The van der Waals surface area contributed by atoms with E-state index in [9.17, 15) is 4.79 Å². The molecule has 104 valence electrons. The maximum atomic E-state index is 12.0. The highest BCUT2D eigenvalue weighted by molar-refractivity contribution is 5.91. The van der Waals surface area contributed by atoms with Gasteiger partial charge in [-0.05, 0) is 49.7 Å². The van der Waals surface area contributed by atoms with Gasteiger partial charge in [0, 0.05) is 5.69 Å². The van der Waals surface area contributed by atoms with Gasteiger partial charge in [0.2, 0.25) is 0 Å². The molecule has 0 aromatic carbocycles. The highest BCUT2D eigenvalue weighted by Gasteiger charge is 2.26. The number of aromatic nitrogens is 1. The minimum atomic E-state index is -0.236. The smallest absolute Gasteiger partial charge is 0.339 e. The molecule has 1 aliphatic carbocycles. The van der Waals surface area contributed by atoms with Gasteiger partial charge >= 0.3 is 5.97 Å². The number of carbonyl (C=O) groups excluding carboxylic acids is 1. The Kier molecular flexibility index (Phi) is 4.23. The van der Waals surface area contributed by atoms with Crippen molar-refractivity contribution in [2.75, 3.05) is 6.61 Å². The normalized spacial score (nSPS) is 21.9. The molecule has 0 N–H and O–H groups in total. The number of nitrogens with zero attached hydrogens (tertiary/aromatic N) is 1. The zero-order chi connectivity index (χ0) is 14.0. The Hall–Kier alpha value is -1.38. The molecule has 1 aromatic rings. The average molecular weight is 261 g/mol. The highest BCUT2D eigenvalue weighted by Crippen LogP contribution is 2.34. The SMILES string of the molecule is CCOC(=O)c1cc2c(nc1CC)C(C)CC(C)C2. The summed E-state index contributed by atoms with van der Waals surface area (Å²) in [5, 5.41) is 0. The zero-order valence-corrected chi connectivity index (χ0v) is 12.3. The second kappa shape index (κ2) is 5.72. The molecular formula is C16H23NO2. The van der Waals surface area contributed by atoms with Gasteiger partial charge < -0.3 is 4.74 Å². The Labute approximate surface area is 115 Å². The van der Waals surface area contributed by atoms with Gasteiger partial charge in [-0.2, -0.15) is 0 Å². The molecule has 1 aromatic heterocycles. The predicted octanol–water partition coefficient (Wildman–Crippen LogP) is 3.51. The van der Waals surface area contributed by atoms with Gasteiger partial charge in [-0.1, -0.05) is 20.8 Å². The van der Waals surface area contributed by atoms with E-state index in [4.69, 9.17) is 9.72 Å². The molecule has 0 bridgehead atoms. The van der Waals surface area contributed by atoms with Gasteiger partial charge in [0.25, 0.3) is 0 Å². The van der Waals surface area contributed by atoms with Crippen molar-refractivity contribution in [2.24, 2.45) is 5.92 Å². The van der Waals surface area contributed by atoms with Gasteiger partial charge in [0.15, 0.2) is 0 Å². The molecule has 0 spiro atoms. The first-order valence-electron chi connectivity index (χ1n) is 7.26. The summed E-state index contributed by atoms with van der Waals surface area (Å²) in [5.74, 6) is 0.910. The molecule has 0 amide bonds. The van der Waals surface area contributed by atoms with Crippen LogP contribution in [-0.4, -0.2) is 17.6 Å². The zero-order valence-electron chi connectivity index (χ0n) is 12.3. The molecule has 2 rings (SSSR count). The summed E-state index contributed by atoms with van der Waals surface area (Å²) in [7, 11) is 0. The fraction of sp³-hybridized carbons (Fsp3) is 0.625. The van der Waals surface area contributed by atoms with Gasteiger partial charge in [0.1, 0.15) is 0 Å². The monoisotopic (exact) mass is 261 g/mol. The molecule has 3 nitrogen and oxygen atoms in total. The van der Waals surface area contributed by atoms with Crippen LogP contribution in [0.1, 0.15) is 67.3 Å². The minimum Gasteiger partial charge on any atom is -0.462 e. The molecule has 0 saturated heterocycles. The maximum Gasteiger partial charge on any atom is 0.339 e. The van der Waals surface area contributed by atoms with Gasteiger partial charge in [-0.15, -0.1) is 0 Å². The van der Waals surface area contributed by atoms with Crippen molar-refractivity contribution in [1.82, 2.24) is 4.98 Å². The summed E-state index contributed by atoms with van der Waals surface area (Å²) in [6, 6.07) is 2.02. The standard InChI is InChI=1S/C16H23NO2/c1-5-14-13(16(18)19-6-2)9-12-8-10(3)7-11(4)15(12)17-14/h9-11H,5-8H2,1-4H3.